The van der Waals surface area contributed by atoms with E-state index in [9.17, 15) is 0 Å². The Kier molecular flexibility index (Phi) is 6.49. The van der Waals surface area contributed by atoms with E-state index in [0.717, 1.165) is 21.3 Å². The molecule has 0 spiro atoms. The molecule has 0 aliphatic heterocycles. The van der Waals surface area contributed by atoms with Gasteiger partial charge in [-0.15, -0.1) is 0 Å². The molecule has 0 aliphatic carbocycles. The van der Waals surface area contributed by atoms with Crippen LogP contribution in [0.4, 0.5) is 5.69 Å². The lowest BCUT2D eigenvalue weighted by atomic mass is 10.2. The van der Waals surface area contributed by atoms with Crippen LogP contribution in [0.3, 0.4) is 0 Å². The second kappa shape index (κ2) is 9.24. The lowest BCUT2D eigenvalue weighted by Crippen LogP contribution is -1.98. The zero-order chi connectivity index (χ0) is 19.1. The van der Waals surface area contributed by atoms with Crippen molar-refractivity contribution in [2.24, 2.45) is 5.10 Å². The van der Waals surface area contributed by atoms with Crippen molar-refractivity contribution in [1.29, 1.82) is 0 Å². The molecule has 0 fully saturated rings. The molecule has 4 nitrogen and oxygen atoms in total. The zero-order valence-corrected chi connectivity index (χ0v) is 16.9. The first-order chi connectivity index (χ1) is 13.1. The molecule has 0 unspecified atom stereocenters. The molecule has 138 valence electrons. The predicted molar refractivity (Wildman–Crippen MR) is 114 cm³/mol. The molecule has 0 saturated heterocycles. The van der Waals surface area contributed by atoms with E-state index in [1.54, 1.807) is 13.3 Å². The van der Waals surface area contributed by atoms with Crippen LogP contribution >= 0.6 is 15.9 Å². The highest BCUT2D eigenvalue weighted by Gasteiger charge is 2.06. The maximum atomic E-state index is 5.89. The van der Waals surface area contributed by atoms with E-state index in [1.807, 2.05) is 66.7 Å². The fourth-order valence-electron chi connectivity index (χ4n) is 2.43. The summed E-state index contributed by atoms with van der Waals surface area (Å²) in [5.41, 5.74) is 7.19. The van der Waals surface area contributed by atoms with Crippen molar-refractivity contribution in [3.8, 4) is 11.5 Å². The molecule has 27 heavy (non-hydrogen) atoms. The normalized spacial score (nSPS) is 10.8. The molecule has 3 rings (SSSR count). The summed E-state index contributed by atoms with van der Waals surface area (Å²) in [4.78, 5) is 0. The van der Waals surface area contributed by atoms with E-state index in [-0.39, 0.29) is 0 Å². The van der Waals surface area contributed by atoms with Gasteiger partial charge in [0.25, 0.3) is 0 Å². The lowest BCUT2D eigenvalue weighted by molar-refractivity contribution is 0.284. The summed E-state index contributed by atoms with van der Waals surface area (Å²) in [6, 6.07) is 21.8. The van der Waals surface area contributed by atoms with Crippen molar-refractivity contribution in [1.82, 2.24) is 0 Å². The molecule has 0 saturated carbocycles. The van der Waals surface area contributed by atoms with Gasteiger partial charge in [-0.25, -0.2) is 0 Å². The maximum absolute atomic E-state index is 5.89. The lowest BCUT2D eigenvalue weighted by Gasteiger charge is -2.11. The summed E-state index contributed by atoms with van der Waals surface area (Å²) < 4.78 is 12.4. The third-order valence-electron chi connectivity index (χ3n) is 3.95. The third kappa shape index (κ3) is 5.59. The Hall–Kier alpha value is -2.79. The number of hydrazone groups is 1. The molecular formula is C22H21BrN2O2. The number of nitrogens with one attached hydrogen (secondary N) is 1. The van der Waals surface area contributed by atoms with Gasteiger partial charge in [0.05, 0.1) is 19.0 Å². The molecule has 0 atom stereocenters. The van der Waals surface area contributed by atoms with Crippen molar-refractivity contribution in [2.75, 3.05) is 12.5 Å². The molecule has 0 aromatic heterocycles. The van der Waals surface area contributed by atoms with Crippen molar-refractivity contribution in [2.45, 2.75) is 13.5 Å². The summed E-state index contributed by atoms with van der Waals surface area (Å²) >= 11 is 3.43. The summed E-state index contributed by atoms with van der Waals surface area (Å²) in [7, 11) is 1.63. The average Bonchev–Trinajstić information content (AvgIpc) is 2.69. The zero-order valence-electron chi connectivity index (χ0n) is 15.3. The van der Waals surface area contributed by atoms with Crippen molar-refractivity contribution >= 4 is 27.8 Å². The van der Waals surface area contributed by atoms with E-state index in [2.05, 4.69) is 33.4 Å². The molecule has 0 aliphatic rings. The second-order valence-electron chi connectivity index (χ2n) is 6.06. The Labute approximate surface area is 168 Å². The van der Waals surface area contributed by atoms with Gasteiger partial charge in [-0.3, -0.25) is 5.43 Å². The molecule has 0 amide bonds. The van der Waals surface area contributed by atoms with E-state index in [1.165, 1.54) is 5.56 Å². The Morgan fingerprint density at radius 3 is 2.41 bits per heavy atom. The van der Waals surface area contributed by atoms with Crippen LogP contribution in [-0.2, 0) is 6.61 Å². The number of aryl methyl sites for hydroxylation is 1. The van der Waals surface area contributed by atoms with Crippen LogP contribution in [0, 0.1) is 6.92 Å². The number of nitrogens with zero attached hydrogens (tertiary/aromatic N) is 1. The predicted octanol–water partition coefficient (Wildman–Crippen LogP) is 5.79. The number of benzene rings is 3. The minimum Gasteiger partial charge on any atom is -0.493 e. The fraction of sp³-hybridized carbons (Fsp3) is 0.136. The van der Waals surface area contributed by atoms with E-state index >= 15 is 0 Å². The number of anilines is 1. The highest BCUT2D eigenvalue weighted by molar-refractivity contribution is 9.10. The SMILES string of the molecule is COc1cc(/C=N/Nc2ccc(C)cc2)ccc1OCc1ccc(Br)cc1. The molecule has 5 heteroatoms. The van der Waals surface area contributed by atoms with E-state index in [4.69, 9.17) is 9.47 Å². The minimum absolute atomic E-state index is 0.478. The number of hydrogen-bond acceptors (Lipinski definition) is 4. The number of ether oxygens (including phenoxy) is 2. The highest BCUT2D eigenvalue weighted by atomic mass is 79.9. The smallest absolute Gasteiger partial charge is 0.161 e. The molecule has 0 heterocycles. The standard InChI is InChI=1S/C22H21BrN2O2/c1-16-3-10-20(11-4-16)25-24-14-18-7-12-21(22(13-18)26-2)27-15-17-5-8-19(23)9-6-17/h3-14,25H,15H2,1-2H3/b24-14+. The third-order valence-corrected chi connectivity index (χ3v) is 4.48. The van der Waals surface area contributed by atoms with Gasteiger partial charge < -0.3 is 9.47 Å². The molecule has 0 bridgehead atoms. The van der Waals surface area contributed by atoms with E-state index < -0.39 is 0 Å². The van der Waals surface area contributed by atoms with Gasteiger partial charge in [-0.05, 0) is 60.5 Å². The minimum atomic E-state index is 0.478. The van der Waals surface area contributed by atoms with E-state index in [0.29, 0.717) is 18.1 Å². The Morgan fingerprint density at radius 2 is 1.70 bits per heavy atom. The summed E-state index contributed by atoms with van der Waals surface area (Å²) in [6.45, 7) is 2.53. The van der Waals surface area contributed by atoms with Crippen LogP contribution in [0.1, 0.15) is 16.7 Å². The number of hydrogen-bond donors (Lipinski definition) is 1. The van der Waals surface area contributed by atoms with Gasteiger partial charge in [-0.2, -0.15) is 5.10 Å². The average molecular weight is 425 g/mol. The maximum Gasteiger partial charge on any atom is 0.161 e. The fourth-order valence-corrected chi connectivity index (χ4v) is 2.70. The molecule has 3 aromatic carbocycles. The Morgan fingerprint density at radius 1 is 0.963 bits per heavy atom. The van der Waals surface area contributed by atoms with Crippen LogP contribution in [0.2, 0.25) is 0 Å². The van der Waals surface area contributed by atoms with Gasteiger partial charge in [0.2, 0.25) is 0 Å². The molecule has 3 aromatic rings. The van der Waals surface area contributed by atoms with Crippen LogP contribution in [-0.4, -0.2) is 13.3 Å². The van der Waals surface area contributed by atoms with Gasteiger partial charge in [0, 0.05) is 4.47 Å². The highest BCUT2D eigenvalue weighted by Crippen LogP contribution is 2.28. The van der Waals surface area contributed by atoms with Gasteiger partial charge >= 0.3 is 0 Å². The van der Waals surface area contributed by atoms with Crippen molar-refractivity contribution < 1.29 is 9.47 Å². The number of methoxy groups -OCH3 is 1. The number of rotatable bonds is 7. The quantitative estimate of drug-likeness (QED) is 0.385. The largest absolute Gasteiger partial charge is 0.493 e. The first kappa shape index (κ1) is 19.0. The number of halogens is 1. The summed E-state index contributed by atoms with van der Waals surface area (Å²) in [5, 5.41) is 4.27. The molecular weight excluding hydrogens is 404 g/mol. The monoisotopic (exact) mass is 424 g/mol. The van der Waals surface area contributed by atoms with Gasteiger partial charge in [0.15, 0.2) is 11.5 Å². The van der Waals surface area contributed by atoms with Gasteiger partial charge in [0.1, 0.15) is 6.61 Å². The van der Waals surface area contributed by atoms with Gasteiger partial charge in [-0.1, -0.05) is 45.8 Å². The van der Waals surface area contributed by atoms with Crippen LogP contribution in [0.25, 0.3) is 0 Å². The molecule has 1 N–H and O–H groups in total. The first-order valence-electron chi connectivity index (χ1n) is 8.55. The van der Waals surface area contributed by atoms with Crippen molar-refractivity contribution in [3.63, 3.8) is 0 Å². The second-order valence-corrected chi connectivity index (χ2v) is 6.98. The summed E-state index contributed by atoms with van der Waals surface area (Å²) in [6.07, 6.45) is 1.75. The summed E-state index contributed by atoms with van der Waals surface area (Å²) in [5.74, 6) is 1.37. The Balaban J connectivity index is 1.63. The Bertz CT molecular complexity index is 907. The van der Waals surface area contributed by atoms with Crippen molar-refractivity contribution in [3.05, 3.63) is 87.9 Å². The first-order valence-corrected chi connectivity index (χ1v) is 9.34. The molecule has 0 radical (unpaired) electrons. The van der Waals surface area contributed by atoms with Crippen LogP contribution < -0.4 is 14.9 Å². The van der Waals surface area contributed by atoms with Crippen LogP contribution in [0.5, 0.6) is 11.5 Å². The topological polar surface area (TPSA) is 42.8 Å². The van der Waals surface area contributed by atoms with Crippen LogP contribution in [0.15, 0.2) is 76.3 Å².